The van der Waals surface area contributed by atoms with E-state index in [9.17, 15) is 9.90 Å². The van der Waals surface area contributed by atoms with Crippen molar-refractivity contribution in [1.29, 1.82) is 0 Å². The predicted octanol–water partition coefficient (Wildman–Crippen LogP) is 1.85. The standard InChI is InChI=1S/C4H6O2.3C2H5.Sn/c1-3(2)4(5)6;3*1-2;/h1H2,2H3,(H,5,6);3*1H2,2H3;/q;;;;+1/p-1. The number of hydrogen-bond donors (Lipinski definition) is 0. The molecule has 0 fully saturated rings. The Balaban J connectivity index is 0. The SMILES string of the molecule is C=C(C)C(=O)[O-].C[CH2][Sn+]([CH2]C)[CH2]C. The molecule has 0 radical (unpaired) electrons. The van der Waals surface area contributed by atoms with Crippen LogP contribution in [-0.4, -0.2) is 25.7 Å². The van der Waals surface area contributed by atoms with Crippen LogP contribution in [0.4, 0.5) is 0 Å². The fourth-order valence-electron chi connectivity index (χ4n) is 0.750. The molecule has 0 aliphatic carbocycles. The van der Waals surface area contributed by atoms with E-state index in [1.165, 1.54) is 6.92 Å². The van der Waals surface area contributed by atoms with Crippen molar-refractivity contribution < 1.29 is 9.90 Å². The summed E-state index contributed by atoms with van der Waals surface area (Å²) in [5.41, 5.74) is 0.0648. The second-order valence-electron chi connectivity index (χ2n) is 2.88. The molecule has 0 spiro atoms. The molecular weight excluding hydrogens is 271 g/mol. The van der Waals surface area contributed by atoms with E-state index in [2.05, 4.69) is 27.4 Å². The van der Waals surface area contributed by atoms with Gasteiger partial charge in [0.2, 0.25) is 0 Å². The first-order chi connectivity index (χ1) is 5.99. The van der Waals surface area contributed by atoms with Crippen LogP contribution in [0.25, 0.3) is 0 Å². The topological polar surface area (TPSA) is 40.1 Å². The van der Waals surface area contributed by atoms with Gasteiger partial charge in [0.25, 0.3) is 0 Å². The van der Waals surface area contributed by atoms with Crippen molar-refractivity contribution in [2.24, 2.45) is 0 Å². The third-order valence-electron chi connectivity index (χ3n) is 1.85. The second-order valence-corrected chi connectivity index (χ2v) is 13.2. The number of carboxylic acids is 1. The molecule has 0 aromatic rings. The van der Waals surface area contributed by atoms with Crippen molar-refractivity contribution in [1.82, 2.24) is 0 Å². The van der Waals surface area contributed by atoms with Crippen molar-refractivity contribution >= 4 is 25.7 Å². The number of aliphatic carboxylic acids is 1. The first-order valence-corrected chi connectivity index (χ1v) is 10.7. The average Bonchev–Trinajstić information content (AvgIpc) is 2.08. The number of carboxylic acid groups (broad SMARTS) is 1. The Morgan fingerprint density at radius 3 is 1.46 bits per heavy atom. The Hall–Kier alpha value is 0.00870. The Labute approximate surface area is 88.8 Å². The van der Waals surface area contributed by atoms with Gasteiger partial charge in [-0.05, 0) is 12.5 Å². The second kappa shape index (κ2) is 10.1. The molecule has 0 N–H and O–H groups in total. The molecule has 0 aromatic carbocycles. The van der Waals surface area contributed by atoms with E-state index in [1.54, 1.807) is 13.3 Å². The molecule has 13 heavy (non-hydrogen) atoms. The number of carbonyl (C=O) groups excluding carboxylic acids is 1. The van der Waals surface area contributed by atoms with E-state index in [4.69, 9.17) is 0 Å². The molecule has 0 rings (SSSR count). The fourth-order valence-corrected chi connectivity index (χ4v) is 5.03. The van der Waals surface area contributed by atoms with Crippen LogP contribution in [0.15, 0.2) is 12.2 Å². The van der Waals surface area contributed by atoms with Gasteiger partial charge in [0.05, 0.1) is 5.97 Å². The summed E-state index contributed by atoms with van der Waals surface area (Å²) >= 11 is -0.653. The van der Waals surface area contributed by atoms with Gasteiger partial charge in [-0.15, -0.1) is 0 Å². The summed E-state index contributed by atoms with van der Waals surface area (Å²) in [4.78, 5) is 9.49. The third kappa shape index (κ3) is 12.0. The molecule has 2 nitrogen and oxygen atoms in total. The van der Waals surface area contributed by atoms with Crippen molar-refractivity contribution in [2.75, 3.05) is 0 Å². The molecule has 0 aromatic heterocycles. The van der Waals surface area contributed by atoms with Gasteiger partial charge in [-0.2, -0.15) is 0 Å². The van der Waals surface area contributed by atoms with Crippen molar-refractivity contribution in [3.63, 3.8) is 0 Å². The number of rotatable bonds is 4. The third-order valence-corrected chi connectivity index (χ3v) is 10.4. The molecule has 3 heteroatoms. The first-order valence-electron chi connectivity index (χ1n) is 4.69. The molecule has 0 amide bonds. The summed E-state index contributed by atoms with van der Waals surface area (Å²) in [5.74, 6) is -1.19. The zero-order chi connectivity index (χ0) is 10.9. The van der Waals surface area contributed by atoms with Crippen LogP contribution in [0, 0.1) is 0 Å². The van der Waals surface area contributed by atoms with Gasteiger partial charge < -0.3 is 9.90 Å². The van der Waals surface area contributed by atoms with Gasteiger partial charge in [0.1, 0.15) is 0 Å². The van der Waals surface area contributed by atoms with Crippen LogP contribution in [0.5, 0.6) is 0 Å². The van der Waals surface area contributed by atoms with Gasteiger partial charge in [0.15, 0.2) is 0 Å². The monoisotopic (exact) mass is 292 g/mol. The quantitative estimate of drug-likeness (QED) is 0.586. The van der Waals surface area contributed by atoms with E-state index < -0.39 is 25.7 Å². The minimum absolute atomic E-state index is 0.0648. The average molecular weight is 291 g/mol. The van der Waals surface area contributed by atoms with Gasteiger partial charge in [-0.25, -0.2) is 0 Å². The molecule has 0 bridgehead atoms. The summed E-state index contributed by atoms with van der Waals surface area (Å²) < 4.78 is 4.65. The van der Waals surface area contributed by atoms with Crippen LogP contribution in [0.1, 0.15) is 27.7 Å². The van der Waals surface area contributed by atoms with E-state index in [0.29, 0.717) is 0 Å². The zero-order valence-electron chi connectivity index (χ0n) is 9.14. The van der Waals surface area contributed by atoms with E-state index >= 15 is 0 Å². The van der Waals surface area contributed by atoms with Crippen molar-refractivity contribution in [2.45, 2.75) is 41.0 Å². The molecule has 0 saturated carbocycles. The van der Waals surface area contributed by atoms with Crippen LogP contribution < -0.4 is 5.11 Å². The van der Waals surface area contributed by atoms with Gasteiger partial charge in [-0.1, -0.05) is 6.58 Å². The molecule has 0 heterocycles. The maximum absolute atomic E-state index is 9.49. The maximum atomic E-state index is 9.49. The van der Waals surface area contributed by atoms with Crippen LogP contribution >= 0.6 is 0 Å². The van der Waals surface area contributed by atoms with E-state index in [0.717, 1.165) is 0 Å². The normalized spacial score (nSPS) is 8.31. The number of carbonyl (C=O) groups is 1. The van der Waals surface area contributed by atoms with Crippen LogP contribution in [0.2, 0.25) is 13.3 Å². The Morgan fingerprint density at radius 2 is 1.46 bits per heavy atom. The molecule has 76 valence electrons. The van der Waals surface area contributed by atoms with Crippen LogP contribution in [0.3, 0.4) is 0 Å². The summed E-state index contributed by atoms with van der Waals surface area (Å²) in [6.45, 7) is 11.5. The fraction of sp³-hybridized carbons (Fsp3) is 0.700. The summed E-state index contributed by atoms with van der Waals surface area (Å²) in [6, 6.07) is 0. The molecule has 0 aliphatic heterocycles. The number of hydrogen-bond acceptors (Lipinski definition) is 2. The van der Waals surface area contributed by atoms with Gasteiger partial charge in [0, 0.05) is 0 Å². The molecular formula is C10H20O2Sn. The molecule has 0 saturated heterocycles. The Bertz CT molecular complexity index is 133. The molecule has 0 unspecified atom stereocenters. The van der Waals surface area contributed by atoms with Gasteiger partial charge >= 0.3 is 53.8 Å². The Kier molecular flexibility index (Phi) is 12.0. The minimum atomic E-state index is -1.19. The zero-order valence-corrected chi connectivity index (χ0v) is 12.0. The van der Waals surface area contributed by atoms with Crippen molar-refractivity contribution in [3.8, 4) is 0 Å². The van der Waals surface area contributed by atoms with Gasteiger partial charge in [-0.3, -0.25) is 0 Å². The predicted molar refractivity (Wildman–Crippen MR) is 57.0 cm³/mol. The van der Waals surface area contributed by atoms with E-state index in [1.807, 2.05) is 0 Å². The summed E-state index contributed by atoms with van der Waals surface area (Å²) in [7, 11) is 0. The van der Waals surface area contributed by atoms with Crippen molar-refractivity contribution in [3.05, 3.63) is 12.2 Å². The Morgan fingerprint density at radius 1 is 1.23 bits per heavy atom. The van der Waals surface area contributed by atoms with E-state index in [-0.39, 0.29) is 5.57 Å². The molecule has 0 atom stereocenters. The van der Waals surface area contributed by atoms with Crippen LogP contribution in [-0.2, 0) is 4.79 Å². The summed E-state index contributed by atoms with van der Waals surface area (Å²) in [5, 5.41) is 9.49. The molecule has 0 aliphatic rings. The first kappa shape index (κ1) is 15.5. The summed E-state index contributed by atoms with van der Waals surface area (Å²) in [6.07, 6.45) is 0.